The molecule has 4 aromatic rings. The van der Waals surface area contributed by atoms with Crippen molar-refractivity contribution in [2.24, 2.45) is 0 Å². The molecule has 5 rings (SSSR count). The summed E-state index contributed by atoms with van der Waals surface area (Å²) in [6.07, 6.45) is 4.81. The van der Waals surface area contributed by atoms with E-state index in [9.17, 15) is 9.59 Å². The molecular formula is C31H32N4O5. The Kier molecular flexibility index (Phi) is 7.75. The number of Topliss-reactive ketones (excluding diaryl/α,β-unsaturated/α-hetero) is 1. The number of methoxy groups -OCH3 is 2. The second-order valence-electron chi connectivity index (χ2n) is 9.78. The van der Waals surface area contributed by atoms with Crippen LogP contribution < -0.4 is 24.8 Å². The summed E-state index contributed by atoms with van der Waals surface area (Å²) in [5, 5.41) is 6.51. The van der Waals surface area contributed by atoms with E-state index in [1.807, 2.05) is 24.4 Å². The Morgan fingerprint density at radius 2 is 1.65 bits per heavy atom. The van der Waals surface area contributed by atoms with Crippen molar-refractivity contribution >= 4 is 40.2 Å². The lowest BCUT2D eigenvalue weighted by Crippen LogP contribution is -2.19. The van der Waals surface area contributed by atoms with Crippen molar-refractivity contribution < 1.29 is 23.8 Å². The lowest BCUT2D eigenvalue weighted by molar-refractivity contribution is 0.101. The number of carbonyl (C=O) groups excluding carboxylic acids is 2. The molecule has 0 aliphatic carbocycles. The van der Waals surface area contributed by atoms with Gasteiger partial charge in [-0.05, 0) is 93.8 Å². The number of nitrogens with zero attached hydrogens (tertiary/aromatic N) is 2. The normalized spacial score (nSPS) is 13.4. The number of ether oxygens (including phenoxy) is 3. The van der Waals surface area contributed by atoms with E-state index in [1.54, 1.807) is 62.8 Å². The molecule has 1 aliphatic rings. The van der Waals surface area contributed by atoms with Gasteiger partial charge < -0.3 is 34.3 Å². The van der Waals surface area contributed by atoms with Crippen LogP contribution in [0.15, 0.2) is 72.6 Å². The first-order chi connectivity index (χ1) is 19.3. The summed E-state index contributed by atoms with van der Waals surface area (Å²) in [5.41, 5.74) is 3.41. The third kappa shape index (κ3) is 5.79. The van der Waals surface area contributed by atoms with Crippen LogP contribution >= 0.6 is 0 Å². The van der Waals surface area contributed by atoms with Crippen LogP contribution in [0.4, 0.5) is 16.2 Å². The van der Waals surface area contributed by atoms with Crippen molar-refractivity contribution in [3.05, 3.63) is 83.7 Å². The number of carbonyl (C=O) groups is 2. The highest BCUT2D eigenvalue weighted by Gasteiger charge is 2.28. The van der Waals surface area contributed by atoms with Gasteiger partial charge in [0.25, 0.3) is 0 Å². The molecular weight excluding hydrogens is 508 g/mol. The number of hydrogen-bond acceptors (Lipinski definition) is 6. The fourth-order valence-electron chi connectivity index (χ4n) is 4.66. The van der Waals surface area contributed by atoms with Crippen LogP contribution in [0, 0.1) is 0 Å². The van der Waals surface area contributed by atoms with Gasteiger partial charge in [-0.1, -0.05) is 0 Å². The van der Waals surface area contributed by atoms with E-state index < -0.39 is 6.03 Å². The average Bonchev–Trinajstić information content (AvgIpc) is 3.45. The van der Waals surface area contributed by atoms with Gasteiger partial charge in [0.2, 0.25) is 5.78 Å². The highest BCUT2D eigenvalue weighted by Crippen LogP contribution is 2.35. The molecule has 1 aromatic heterocycles. The lowest BCUT2D eigenvalue weighted by atomic mass is 10.1. The number of hydrogen-bond donors (Lipinski definition) is 2. The molecule has 0 unspecified atom stereocenters. The number of anilines is 2. The Morgan fingerprint density at radius 1 is 0.950 bits per heavy atom. The number of amides is 2. The first kappa shape index (κ1) is 26.8. The van der Waals surface area contributed by atoms with Crippen LogP contribution in [-0.4, -0.2) is 56.1 Å². The zero-order chi connectivity index (χ0) is 28.2. The Hall–Kier alpha value is -4.76. The first-order valence-corrected chi connectivity index (χ1v) is 13.0. The Morgan fingerprint density at radius 3 is 2.38 bits per heavy atom. The molecule has 206 valence electrons. The minimum atomic E-state index is -0.428. The highest BCUT2D eigenvalue weighted by atomic mass is 16.5. The molecule has 0 saturated heterocycles. The molecule has 0 radical (unpaired) electrons. The maximum atomic E-state index is 13.3. The van der Waals surface area contributed by atoms with Crippen LogP contribution in [0.2, 0.25) is 0 Å². The zero-order valence-corrected chi connectivity index (χ0v) is 23.0. The van der Waals surface area contributed by atoms with Crippen molar-refractivity contribution in [3.63, 3.8) is 0 Å². The molecule has 2 N–H and O–H groups in total. The highest BCUT2D eigenvalue weighted by molar-refractivity contribution is 6.16. The van der Waals surface area contributed by atoms with Gasteiger partial charge in [0, 0.05) is 40.6 Å². The van der Waals surface area contributed by atoms with E-state index in [0.29, 0.717) is 28.4 Å². The molecule has 2 amide bonds. The maximum Gasteiger partial charge on any atom is 0.323 e. The minimum Gasteiger partial charge on any atom is -0.497 e. The van der Waals surface area contributed by atoms with Gasteiger partial charge in [0.1, 0.15) is 17.2 Å². The fraction of sp³-hybridized carbons (Fsp3) is 0.226. The van der Waals surface area contributed by atoms with Gasteiger partial charge in [0.15, 0.2) is 5.76 Å². The maximum absolute atomic E-state index is 13.3. The van der Waals surface area contributed by atoms with E-state index in [4.69, 9.17) is 14.2 Å². The summed E-state index contributed by atoms with van der Waals surface area (Å²) < 4.78 is 18.7. The van der Waals surface area contributed by atoms with Gasteiger partial charge in [-0.25, -0.2) is 4.79 Å². The van der Waals surface area contributed by atoms with Crippen molar-refractivity contribution in [3.8, 4) is 17.2 Å². The van der Waals surface area contributed by atoms with Crippen molar-refractivity contribution in [1.29, 1.82) is 0 Å². The van der Waals surface area contributed by atoms with Crippen molar-refractivity contribution in [2.45, 2.75) is 13.0 Å². The minimum absolute atomic E-state index is 0.227. The van der Waals surface area contributed by atoms with Crippen molar-refractivity contribution in [1.82, 2.24) is 9.47 Å². The number of rotatable bonds is 9. The third-order valence-corrected chi connectivity index (χ3v) is 6.68. The molecule has 9 heteroatoms. The van der Waals surface area contributed by atoms with Gasteiger partial charge in [-0.2, -0.15) is 0 Å². The number of fused-ring (bicyclic) bond motifs is 2. The molecule has 0 atom stereocenters. The average molecular weight is 541 g/mol. The summed E-state index contributed by atoms with van der Waals surface area (Å²) in [6, 6.07) is 17.5. The van der Waals surface area contributed by atoms with E-state index >= 15 is 0 Å². The van der Waals surface area contributed by atoms with Gasteiger partial charge >= 0.3 is 6.03 Å². The quantitative estimate of drug-likeness (QED) is 0.258. The largest absolute Gasteiger partial charge is 0.497 e. The smallest absolute Gasteiger partial charge is 0.323 e. The molecule has 2 heterocycles. The van der Waals surface area contributed by atoms with E-state index in [2.05, 4.69) is 34.2 Å². The molecule has 1 aliphatic heterocycles. The van der Waals surface area contributed by atoms with Gasteiger partial charge in [-0.15, -0.1) is 0 Å². The molecule has 0 bridgehead atoms. The third-order valence-electron chi connectivity index (χ3n) is 6.68. The number of nitrogens with one attached hydrogen (secondary N) is 2. The monoisotopic (exact) mass is 540 g/mol. The lowest BCUT2D eigenvalue weighted by Gasteiger charge is -2.10. The number of allylic oxidation sites excluding steroid dienone is 1. The molecule has 3 aromatic carbocycles. The standard InChI is InChI=1S/C31H32N4O5/c1-34(2)14-5-15-35-19-20(25-18-24(39-4)11-12-27(25)35)16-29-30(36)26-17-22(8-13-28(26)40-29)33-31(37)32-21-6-9-23(38-3)10-7-21/h6-13,16-19H,5,14-15H2,1-4H3,(H2,32,33,37)/b29-16-. The fourth-order valence-corrected chi connectivity index (χ4v) is 4.66. The predicted molar refractivity (Wildman–Crippen MR) is 157 cm³/mol. The van der Waals surface area contributed by atoms with Crippen LogP contribution in [0.5, 0.6) is 17.2 Å². The van der Waals surface area contributed by atoms with E-state index in [0.717, 1.165) is 41.7 Å². The second kappa shape index (κ2) is 11.5. The second-order valence-corrected chi connectivity index (χ2v) is 9.78. The summed E-state index contributed by atoms with van der Waals surface area (Å²) in [4.78, 5) is 28.0. The number of ketones is 1. The van der Waals surface area contributed by atoms with Gasteiger partial charge in [0.05, 0.1) is 19.8 Å². The molecule has 0 saturated carbocycles. The summed E-state index contributed by atoms with van der Waals surface area (Å²) >= 11 is 0. The summed E-state index contributed by atoms with van der Waals surface area (Å²) in [7, 11) is 7.33. The van der Waals surface area contributed by atoms with Crippen LogP contribution in [0.3, 0.4) is 0 Å². The van der Waals surface area contributed by atoms with Crippen LogP contribution in [0.1, 0.15) is 22.3 Å². The first-order valence-electron chi connectivity index (χ1n) is 13.0. The zero-order valence-electron chi connectivity index (χ0n) is 23.0. The molecule has 9 nitrogen and oxygen atoms in total. The predicted octanol–water partition coefficient (Wildman–Crippen LogP) is 5.87. The molecule has 0 fully saturated rings. The van der Waals surface area contributed by atoms with Gasteiger partial charge in [-0.3, -0.25) is 4.79 Å². The number of benzene rings is 3. The summed E-state index contributed by atoms with van der Waals surface area (Å²) in [6.45, 7) is 1.81. The Balaban J connectivity index is 1.35. The topological polar surface area (TPSA) is 94.1 Å². The van der Waals surface area contributed by atoms with E-state index in [1.165, 1.54) is 0 Å². The van der Waals surface area contributed by atoms with E-state index in [-0.39, 0.29) is 11.5 Å². The SMILES string of the molecule is COc1ccc(NC(=O)Nc2ccc3c(c2)C(=O)/C(=C/c2cn(CCCN(C)C)c4ccc(OC)cc24)O3)cc1. The Bertz CT molecular complexity index is 1590. The number of aromatic nitrogens is 1. The summed E-state index contributed by atoms with van der Waals surface area (Å²) in [5.74, 6) is 1.86. The number of urea groups is 1. The molecule has 40 heavy (non-hydrogen) atoms. The van der Waals surface area contributed by atoms with Crippen molar-refractivity contribution in [2.75, 3.05) is 45.5 Å². The molecule has 0 spiro atoms. The van der Waals surface area contributed by atoms with Crippen LogP contribution in [0.25, 0.3) is 17.0 Å². The number of aryl methyl sites for hydroxylation is 1. The van der Waals surface area contributed by atoms with Crippen LogP contribution in [-0.2, 0) is 6.54 Å². The Labute approximate surface area is 232 Å².